The lowest BCUT2D eigenvalue weighted by Crippen LogP contribution is -2.44. The number of hydrogen-bond acceptors (Lipinski definition) is 4. The van der Waals surface area contributed by atoms with Crippen LogP contribution < -0.4 is 9.47 Å². The van der Waals surface area contributed by atoms with E-state index in [9.17, 15) is 4.79 Å². The van der Waals surface area contributed by atoms with Gasteiger partial charge in [0.1, 0.15) is 0 Å². The van der Waals surface area contributed by atoms with Crippen LogP contribution in [0.4, 0.5) is 0 Å². The predicted octanol–water partition coefficient (Wildman–Crippen LogP) is 3.52. The second-order valence-corrected chi connectivity index (χ2v) is 7.14. The summed E-state index contributed by atoms with van der Waals surface area (Å²) in [5.41, 5.74) is 1.15. The molecule has 0 saturated heterocycles. The highest BCUT2D eigenvalue weighted by Gasteiger charge is 2.31. The Morgan fingerprint density at radius 3 is 2.83 bits per heavy atom. The number of carbonyl (C=O) groups is 1. The molecular formula is C19H27NO4. The van der Waals surface area contributed by atoms with Gasteiger partial charge in [0.2, 0.25) is 6.79 Å². The first-order valence-corrected chi connectivity index (χ1v) is 8.89. The monoisotopic (exact) mass is 333 g/mol. The van der Waals surface area contributed by atoms with E-state index >= 15 is 0 Å². The van der Waals surface area contributed by atoms with E-state index in [2.05, 4.69) is 24.8 Å². The minimum Gasteiger partial charge on any atom is -0.481 e. The fourth-order valence-electron chi connectivity index (χ4n) is 3.94. The molecule has 5 nitrogen and oxygen atoms in total. The van der Waals surface area contributed by atoms with Crippen molar-refractivity contribution in [3.05, 3.63) is 23.8 Å². The Hall–Kier alpha value is -1.75. The lowest BCUT2D eigenvalue weighted by molar-refractivity contribution is -0.137. The number of nitrogens with zero attached hydrogens (tertiary/aromatic N) is 1. The molecule has 2 aliphatic rings. The molecule has 0 spiro atoms. The van der Waals surface area contributed by atoms with Gasteiger partial charge in [-0.3, -0.25) is 9.69 Å². The summed E-state index contributed by atoms with van der Waals surface area (Å²) >= 11 is 0. The average molecular weight is 333 g/mol. The van der Waals surface area contributed by atoms with Crippen LogP contribution in [-0.2, 0) is 11.3 Å². The van der Waals surface area contributed by atoms with Crippen LogP contribution in [0.25, 0.3) is 0 Å². The minimum absolute atomic E-state index is 0.183. The smallest absolute Gasteiger partial charge is 0.304 e. The molecule has 0 bridgehead atoms. The second-order valence-electron chi connectivity index (χ2n) is 7.14. The fourth-order valence-corrected chi connectivity index (χ4v) is 3.94. The van der Waals surface area contributed by atoms with Crippen LogP contribution in [0.15, 0.2) is 18.2 Å². The molecule has 24 heavy (non-hydrogen) atoms. The Morgan fingerprint density at radius 1 is 1.25 bits per heavy atom. The zero-order chi connectivity index (χ0) is 17.1. The van der Waals surface area contributed by atoms with Gasteiger partial charge in [0.25, 0.3) is 0 Å². The maximum atomic E-state index is 11.1. The van der Waals surface area contributed by atoms with Crippen molar-refractivity contribution in [2.24, 2.45) is 11.8 Å². The Labute approximate surface area is 143 Å². The topological polar surface area (TPSA) is 59.0 Å². The Kier molecular flexibility index (Phi) is 5.29. The maximum Gasteiger partial charge on any atom is 0.304 e. The zero-order valence-corrected chi connectivity index (χ0v) is 14.5. The Bertz CT molecular complexity index is 589. The summed E-state index contributed by atoms with van der Waals surface area (Å²) < 4.78 is 10.8. The van der Waals surface area contributed by atoms with Gasteiger partial charge in [-0.15, -0.1) is 0 Å². The van der Waals surface area contributed by atoms with E-state index in [4.69, 9.17) is 14.6 Å². The normalized spacial score (nSPS) is 25.9. The molecule has 1 heterocycles. The minimum atomic E-state index is -0.734. The van der Waals surface area contributed by atoms with Crippen molar-refractivity contribution in [1.82, 2.24) is 4.90 Å². The predicted molar refractivity (Wildman–Crippen MR) is 91.2 cm³/mol. The molecule has 1 saturated carbocycles. The first-order chi connectivity index (χ1) is 11.5. The van der Waals surface area contributed by atoms with Gasteiger partial charge >= 0.3 is 5.97 Å². The molecule has 1 aromatic carbocycles. The van der Waals surface area contributed by atoms with E-state index in [0.29, 0.717) is 24.4 Å². The largest absolute Gasteiger partial charge is 0.481 e. The molecule has 1 aliphatic heterocycles. The summed E-state index contributed by atoms with van der Waals surface area (Å²) in [6.07, 6.45) is 3.83. The highest BCUT2D eigenvalue weighted by molar-refractivity contribution is 5.66. The molecule has 3 atom stereocenters. The van der Waals surface area contributed by atoms with E-state index in [-0.39, 0.29) is 13.2 Å². The third-order valence-corrected chi connectivity index (χ3v) is 5.57. The number of carboxylic acid groups (broad SMARTS) is 1. The summed E-state index contributed by atoms with van der Waals surface area (Å²) in [6.45, 7) is 6.24. The third-order valence-electron chi connectivity index (χ3n) is 5.57. The molecule has 1 aromatic rings. The molecule has 0 aromatic heterocycles. The molecule has 1 fully saturated rings. The number of hydrogen-bond donors (Lipinski definition) is 1. The summed E-state index contributed by atoms with van der Waals surface area (Å²) in [5.74, 6) is 2.11. The van der Waals surface area contributed by atoms with Crippen LogP contribution in [0, 0.1) is 11.8 Å². The van der Waals surface area contributed by atoms with Crippen LogP contribution in [0.2, 0.25) is 0 Å². The first kappa shape index (κ1) is 17.1. The van der Waals surface area contributed by atoms with Gasteiger partial charge in [-0.2, -0.15) is 0 Å². The maximum absolute atomic E-state index is 11.1. The third kappa shape index (κ3) is 3.83. The van der Waals surface area contributed by atoms with Crippen LogP contribution >= 0.6 is 0 Å². The van der Waals surface area contributed by atoms with Gasteiger partial charge < -0.3 is 14.6 Å². The van der Waals surface area contributed by atoms with Crippen LogP contribution in [0.3, 0.4) is 0 Å². The molecular weight excluding hydrogens is 306 g/mol. The van der Waals surface area contributed by atoms with Crippen molar-refractivity contribution in [2.75, 3.05) is 13.3 Å². The van der Waals surface area contributed by atoms with Gasteiger partial charge in [0, 0.05) is 19.1 Å². The van der Waals surface area contributed by atoms with E-state index in [1.54, 1.807) is 0 Å². The molecule has 0 unspecified atom stereocenters. The van der Waals surface area contributed by atoms with Gasteiger partial charge in [-0.25, -0.2) is 0 Å². The van der Waals surface area contributed by atoms with E-state index in [1.165, 1.54) is 12.8 Å². The standard InChI is InChI=1S/C19H27NO4/c1-13-4-3-5-16(14(13)2)20(9-8-19(21)22)11-15-6-7-17-18(10-15)24-12-23-17/h6-7,10,13-14,16H,3-5,8-9,11-12H2,1-2H3,(H,21,22)/t13-,14+,16-/m1/s1. The fraction of sp³-hybridized carbons (Fsp3) is 0.632. The number of benzene rings is 1. The van der Waals surface area contributed by atoms with E-state index in [0.717, 1.165) is 30.0 Å². The molecule has 1 aliphatic carbocycles. The molecule has 0 amide bonds. The zero-order valence-electron chi connectivity index (χ0n) is 14.5. The number of fused-ring (bicyclic) bond motifs is 1. The van der Waals surface area contributed by atoms with Crippen molar-refractivity contribution in [1.29, 1.82) is 0 Å². The van der Waals surface area contributed by atoms with Crippen LogP contribution in [0.1, 0.15) is 45.1 Å². The molecule has 132 valence electrons. The van der Waals surface area contributed by atoms with Crippen molar-refractivity contribution in [2.45, 2.75) is 52.1 Å². The Morgan fingerprint density at radius 2 is 2.04 bits per heavy atom. The Balaban J connectivity index is 1.75. The lowest BCUT2D eigenvalue weighted by atomic mass is 9.77. The molecule has 0 radical (unpaired) electrons. The number of rotatable bonds is 6. The van der Waals surface area contributed by atoms with Crippen LogP contribution in [-0.4, -0.2) is 35.4 Å². The summed E-state index contributed by atoms with van der Waals surface area (Å²) in [5, 5.41) is 9.11. The average Bonchev–Trinajstić information content (AvgIpc) is 3.02. The summed E-state index contributed by atoms with van der Waals surface area (Å²) in [6, 6.07) is 6.46. The van der Waals surface area contributed by atoms with Gasteiger partial charge in [-0.1, -0.05) is 32.8 Å². The SMILES string of the molecule is C[C@H]1[C@H](C)CCC[C@H]1N(CCC(=O)O)Cc1ccc2c(c1)OCO2. The summed E-state index contributed by atoms with van der Waals surface area (Å²) in [4.78, 5) is 13.4. The number of aliphatic carboxylic acids is 1. The first-order valence-electron chi connectivity index (χ1n) is 8.89. The van der Waals surface area contributed by atoms with Gasteiger partial charge in [-0.05, 0) is 36.0 Å². The molecule has 1 N–H and O–H groups in total. The van der Waals surface area contributed by atoms with E-state index < -0.39 is 5.97 Å². The van der Waals surface area contributed by atoms with Gasteiger partial charge in [0.15, 0.2) is 11.5 Å². The second kappa shape index (κ2) is 7.43. The number of ether oxygens (including phenoxy) is 2. The highest BCUT2D eigenvalue weighted by atomic mass is 16.7. The van der Waals surface area contributed by atoms with Crippen molar-refractivity contribution >= 4 is 5.97 Å². The highest BCUT2D eigenvalue weighted by Crippen LogP contribution is 2.36. The van der Waals surface area contributed by atoms with Crippen molar-refractivity contribution in [3.8, 4) is 11.5 Å². The molecule has 5 heteroatoms. The summed E-state index contributed by atoms with van der Waals surface area (Å²) in [7, 11) is 0. The van der Waals surface area contributed by atoms with Crippen LogP contribution in [0.5, 0.6) is 11.5 Å². The van der Waals surface area contributed by atoms with E-state index in [1.807, 2.05) is 12.1 Å². The number of carboxylic acids is 1. The lowest BCUT2D eigenvalue weighted by Gasteiger charge is -2.41. The molecule has 3 rings (SSSR count). The van der Waals surface area contributed by atoms with Crippen molar-refractivity contribution < 1.29 is 19.4 Å². The van der Waals surface area contributed by atoms with Gasteiger partial charge in [0.05, 0.1) is 6.42 Å². The van der Waals surface area contributed by atoms with Crippen molar-refractivity contribution in [3.63, 3.8) is 0 Å². The quantitative estimate of drug-likeness (QED) is 0.863.